The molecule has 0 spiro atoms. The number of amides is 1. The minimum absolute atomic E-state index is 0.109. The van der Waals surface area contributed by atoms with E-state index in [2.05, 4.69) is 50.1 Å². The second kappa shape index (κ2) is 5.89. The molecule has 24 heavy (non-hydrogen) atoms. The summed E-state index contributed by atoms with van der Waals surface area (Å²) >= 11 is 6.01. The summed E-state index contributed by atoms with van der Waals surface area (Å²) in [6.45, 7) is 9.11. The molecule has 1 aliphatic rings. The number of fused-ring (bicyclic) bond motifs is 1. The third kappa shape index (κ3) is 3.05. The van der Waals surface area contributed by atoms with Crippen LogP contribution in [0.15, 0.2) is 36.5 Å². The molecule has 1 N–H and O–H groups in total. The lowest BCUT2D eigenvalue weighted by atomic mass is 9.63. The number of nitrogens with zero attached hydrogens (tertiary/aromatic N) is 1. The van der Waals surface area contributed by atoms with Gasteiger partial charge in [0.05, 0.1) is 5.56 Å². The zero-order valence-corrected chi connectivity index (χ0v) is 15.4. The third-order valence-electron chi connectivity index (χ3n) is 5.11. The van der Waals surface area contributed by atoms with E-state index < -0.39 is 0 Å². The van der Waals surface area contributed by atoms with Crippen LogP contribution in [0.25, 0.3) is 0 Å². The molecule has 3 rings (SSSR count). The van der Waals surface area contributed by atoms with Gasteiger partial charge in [-0.1, -0.05) is 45.4 Å². The lowest BCUT2D eigenvalue weighted by Crippen LogP contribution is -2.33. The van der Waals surface area contributed by atoms with Crippen molar-refractivity contribution in [3.8, 4) is 0 Å². The van der Waals surface area contributed by atoms with Crippen molar-refractivity contribution in [2.75, 3.05) is 5.32 Å². The second-order valence-electron chi connectivity index (χ2n) is 7.82. The van der Waals surface area contributed by atoms with E-state index in [1.165, 1.54) is 17.5 Å². The molecule has 0 unspecified atom stereocenters. The number of pyridine rings is 1. The molecule has 3 nitrogen and oxygen atoms in total. The van der Waals surface area contributed by atoms with E-state index in [9.17, 15) is 4.79 Å². The molecule has 0 fully saturated rings. The summed E-state index contributed by atoms with van der Waals surface area (Å²) in [6, 6.07) is 9.62. The predicted molar refractivity (Wildman–Crippen MR) is 98.9 cm³/mol. The van der Waals surface area contributed by atoms with E-state index >= 15 is 0 Å². The molecule has 1 aromatic heterocycles. The van der Waals surface area contributed by atoms with Crippen molar-refractivity contribution < 1.29 is 4.79 Å². The Balaban J connectivity index is 1.94. The Labute approximate surface area is 148 Å². The molecular formula is C20H23ClN2O. The first-order valence-electron chi connectivity index (χ1n) is 8.28. The fourth-order valence-corrected chi connectivity index (χ4v) is 3.63. The van der Waals surface area contributed by atoms with Crippen molar-refractivity contribution >= 4 is 23.2 Å². The minimum atomic E-state index is -0.235. The van der Waals surface area contributed by atoms with E-state index in [4.69, 9.17) is 11.6 Å². The van der Waals surface area contributed by atoms with Crippen LogP contribution in [0, 0.1) is 0 Å². The molecule has 0 saturated heterocycles. The van der Waals surface area contributed by atoms with Gasteiger partial charge in [-0.05, 0) is 59.1 Å². The van der Waals surface area contributed by atoms with Crippen molar-refractivity contribution in [1.82, 2.24) is 4.98 Å². The third-order valence-corrected chi connectivity index (χ3v) is 5.42. The van der Waals surface area contributed by atoms with Crippen molar-refractivity contribution in [2.45, 2.75) is 51.4 Å². The Kier molecular flexibility index (Phi) is 4.16. The van der Waals surface area contributed by atoms with Crippen molar-refractivity contribution in [3.63, 3.8) is 0 Å². The normalized spacial score (nSPS) is 17.9. The number of hydrogen-bond acceptors (Lipinski definition) is 2. The topological polar surface area (TPSA) is 42.0 Å². The number of rotatable bonds is 2. The molecule has 0 radical (unpaired) electrons. The summed E-state index contributed by atoms with van der Waals surface area (Å²) < 4.78 is 0. The largest absolute Gasteiger partial charge is 0.322 e. The molecule has 1 aromatic carbocycles. The van der Waals surface area contributed by atoms with Gasteiger partial charge < -0.3 is 5.32 Å². The Morgan fingerprint density at radius 1 is 1.08 bits per heavy atom. The van der Waals surface area contributed by atoms with Gasteiger partial charge >= 0.3 is 0 Å². The number of aromatic nitrogens is 1. The van der Waals surface area contributed by atoms with Crippen LogP contribution in [0.1, 0.15) is 62.0 Å². The highest BCUT2D eigenvalue weighted by Crippen LogP contribution is 2.46. The number of benzene rings is 1. The van der Waals surface area contributed by atoms with Crippen molar-refractivity contribution in [3.05, 3.63) is 58.4 Å². The minimum Gasteiger partial charge on any atom is -0.322 e. The monoisotopic (exact) mass is 342 g/mol. The summed E-state index contributed by atoms with van der Waals surface area (Å²) in [5.74, 6) is -0.235. The first kappa shape index (κ1) is 17.0. The second-order valence-corrected chi connectivity index (χ2v) is 8.18. The molecular weight excluding hydrogens is 320 g/mol. The maximum atomic E-state index is 12.5. The molecule has 1 aliphatic carbocycles. The van der Waals surface area contributed by atoms with Gasteiger partial charge in [0, 0.05) is 11.9 Å². The number of anilines is 1. The van der Waals surface area contributed by atoms with Crippen LogP contribution in [-0.4, -0.2) is 10.9 Å². The van der Waals surface area contributed by atoms with Gasteiger partial charge in [-0.15, -0.1) is 0 Å². The van der Waals surface area contributed by atoms with Crippen molar-refractivity contribution in [1.29, 1.82) is 0 Å². The van der Waals surface area contributed by atoms with Gasteiger partial charge in [0.25, 0.3) is 5.91 Å². The Morgan fingerprint density at radius 3 is 2.42 bits per heavy atom. The zero-order valence-electron chi connectivity index (χ0n) is 14.6. The van der Waals surface area contributed by atoms with E-state index in [0.717, 1.165) is 12.1 Å². The number of carbonyl (C=O) groups is 1. The summed E-state index contributed by atoms with van der Waals surface area (Å²) in [5.41, 5.74) is 4.14. The first-order chi connectivity index (χ1) is 11.2. The number of nitrogens with one attached hydrogen (secondary N) is 1. The molecule has 1 amide bonds. The van der Waals surface area contributed by atoms with Crippen LogP contribution in [-0.2, 0) is 10.8 Å². The number of hydrogen-bond donors (Lipinski definition) is 1. The van der Waals surface area contributed by atoms with Crippen molar-refractivity contribution in [2.24, 2.45) is 0 Å². The SMILES string of the molecule is CC1(C)CCC(C)(C)c2cc(NC(=O)c3cccnc3Cl)ccc21. The van der Waals surface area contributed by atoms with Crippen LogP contribution in [0.5, 0.6) is 0 Å². The maximum Gasteiger partial charge on any atom is 0.258 e. The van der Waals surface area contributed by atoms with Crippen LogP contribution in [0.3, 0.4) is 0 Å². The summed E-state index contributed by atoms with van der Waals surface area (Å²) in [7, 11) is 0. The average Bonchev–Trinajstić information content (AvgIpc) is 2.52. The Bertz CT molecular complexity index is 796. The fraction of sp³-hybridized carbons (Fsp3) is 0.400. The molecule has 0 aliphatic heterocycles. The molecule has 0 saturated carbocycles. The lowest BCUT2D eigenvalue weighted by molar-refractivity contribution is 0.102. The van der Waals surface area contributed by atoms with Gasteiger partial charge in [-0.2, -0.15) is 0 Å². The summed E-state index contributed by atoms with van der Waals surface area (Å²) in [4.78, 5) is 16.4. The summed E-state index contributed by atoms with van der Waals surface area (Å²) in [5, 5.41) is 3.17. The smallest absolute Gasteiger partial charge is 0.258 e. The Hall–Kier alpha value is -1.87. The predicted octanol–water partition coefficient (Wildman–Crippen LogP) is 5.34. The van der Waals surface area contributed by atoms with E-state index in [0.29, 0.717) is 5.56 Å². The summed E-state index contributed by atoms with van der Waals surface area (Å²) in [6.07, 6.45) is 3.88. The molecule has 2 aromatic rings. The lowest BCUT2D eigenvalue weighted by Gasteiger charge is -2.42. The number of halogens is 1. The highest BCUT2D eigenvalue weighted by molar-refractivity contribution is 6.33. The van der Waals surface area contributed by atoms with Crippen LogP contribution in [0.2, 0.25) is 5.15 Å². The molecule has 1 heterocycles. The van der Waals surface area contributed by atoms with Crippen LogP contribution < -0.4 is 5.32 Å². The van der Waals surface area contributed by atoms with Gasteiger partial charge in [0.1, 0.15) is 5.15 Å². The first-order valence-corrected chi connectivity index (χ1v) is 8.65. The van der Waals surface area contributed by atoms with Gasteiger partial charge in [0.2, 0.25) is 0 Å². The van der Waals surface area contributed by atoms with Crippen LogP contribution >= 0.6 is 11.6 Å². The molecule has 126 valence electrons. The zero-order chi connectivity index (χ0) is 17.5. The fourth-order valence-electron chi connectivity index (χ4n) is 3.42. The highest BCUT2D eigenvalue weighted by atomic mass is 35.5. The molecule has 4 heteroatoms. The van der Waals surface area contributed by atoms with Gasteiger partial charge in [-0.3, -0.25) is 4.79 Å². The van der Waals surface area contributed by atoms with E-state index in [-0.39, 0.29) is 21.9 Å². The average molecular weight is 343 g/mol. The van der Waals surface area contributed by atoms with Gasteiger partial charge in [-0.25, -0.2) is 4.98 Å². The van der Waals surface area contributed by atoms with Gasteiger partial charge in [0.15, 0.2) is 0 Å². The van der Waals surface area contributed by atoms with Crippen LogP contribution in [0.4, 0.5) is 5.69 Å². The Morgan fingerprint density at radius 2 is 1.75 bits per heavy atom. The standard InChI is InChI=1S/C20H23ClN2O/c1-19(2)9-10-20(3,4)16-12-13(7-8-15(16)19)23-18(24)14-6-5-11-22-17(14)21/h5-8,11-12H,9-10H2,1-4H3,(H,23,24). The maximum absolute atomic E-state index is 12.5. The molecule has 0 bridgehead atoms. The van der Waals surface area contributed by atoms with E-state index in [1.54, 1.807) is 18.3 Å². The number of carbonyl (C=O) groups excluding carboxylic acids is 1. The quantitative estimate of drug-likeness (QED) is 0.749. The molecule has 0 atom stereocenters. The van der Waals surface area contributed by atoms with E-state index in [1.807, 2.05) is 6.07 Å². The highest BCUT2D eigenvalue weighted by Gasteiger charge is 2.37.